The van der Waals surface area contributed by atoms with Gasteiger partial charge in [0.2, 0.25) is 11.8 Å². The number of allylic oxidation sites excluding steroid dienone is 2. The topological polar surface area (TPSA) is 113 Å². The number of phenols is 1. The molecule has 0 spiro atoms. The van der Waals surface area contributed by atoms with Gasteiger partial charge in [-0.3, -0.25) is 29.0 Å². The van der Waals surface area contributed by atoms with Gasteiger partial charge >= 0.3 is 0 Å². The molecule has 4 amide bonds. The smallest absolute Gasteiger partial charge is 0.254 e. The zero-order chi connectivity index (χ0) is 35.7. The van der Waals surface area contributed by atoms with Crippen LogP contribution in [0, 0.1) is 17.8 Å². The van der Waals surface area contributed by atoms with Gasteiger partial charge in [-0.1, -0.05) is 63.5 Å². The Balaban J connectivity index is 1.24. The number of rotatable bonds is 7. The predicted octanol–water partition coefficient (Wildman–Crippen LogP) is 7.15. The van der Waals surface area contributed by atoms with Crippen molar-refractivity contribution in [1.29, 1.82) is 0 Å². The summed E-state index contributed by atoms with van der Waals surface area (Å²) in [5.74, 6) is -4.57. The molecule has 3 aromatic carbocycles. The van der Waals surface area contributed by atoms with Crippen LogP contribution in [0.5, 0.6) is 17.2 Å². The highest BCUT2D eigenvalue weighted by atomic mass is 79.9. The highest BCUT2D eigenvalue weighted by Crippen LogP contribution is 2.66. The third kappa shape index (κ3) is 5.01. The number of amides is 4. The van der Waals surface area contributed by atoms with Gasteiger partial charge in [-0.15, -0.1) is 23.2 Å². The monoisotopic (exact) mass is 798 g/mol. The summed E-state index contributed by atoms with van der Waals surface area (Å²) >= 11 is 24.1. The molecule has 0 bridgehead atoms. The molecule has 13 heteroatoms. The van der Waals surface area contributed by atoms with Crippen LogP contribution in [0.2, 0.25) is 5.02 Å². The number of benzene rings is 3. The van der Waals surface area contributed by atoms with E-state index < -0.39 is 51.1 Å². The average molecular weight is 801 g/mol. The summed E-state index contributed by atoms with van der Waals surface area (Å²) in [4.78, 5) is 54.2. The molecule has 50 heavy (non-hydrogen) atoms. The van der Waals surface area contributed by atoms with E-state index in [9.17, 15) is 24.3 Å². The SMILES string of the molecule is COc1ccc(OC)c(C=Cc2ccc(N3C(=O)[C@H]4[C@H](CC=C5[C@H]4C[C@@]4(Cl)C(=O)N(CBr)C(=O)[C@@]4(Cl)[C@H]5c4cc(Cl)ccc4O)C3=O)cc2)c1. The van der Waals surface area contributed by atoms with Crippen LogP contribution in [-0.4, -0.2) is 63.1 Å². The number of imide groups is 2. The lowest BCUT2D eigenvalue weighted by atomic mass is 9.56. The van der Waals surface area contributed by atoms with Crippen molar-refractivity contribution in [2.24, 2.45) is 17.8 Å². The van der Waals surface area contributed by atoms with Crippen molar-refractivity contribution in [2.45, 2.75) is 28.5 Å². The zero-order valence-electron chi connectivity index (χ0n) is 26.7. The number of phenolic OH excluding ortho intramolecular Hbond substituents is 1. The molecule has 2 aliphatic heterocycles. The number of hydrogen-bond acceptors (Lipinski definition) is 7. The van der Waals surface area contributed by atoms with Crippen molar-refractivity contribution in [2.75, 3.05) is 24.6 Å². The second-order valence-corrected chi connectivity index (χ2v) is 14.9. The quantitative estimate of drug-likeness (QED) is 0.0889. The maximum atomic E-state index is 14.4. The predicted molar refractivity (Wildman–Crippen MR) is 194 cm³/mol. The number of nitrogens with zero attached hydrogens (tertiary/aromatic N) is 2. The molecule has 0 radical (unpaired) electrons. The van der Waals surface area contributed by atoms with E-state index in [0.717, 1.165) is 16.0 Å². The normalized spacial score (nSPS) is 28.9. The Morgan fingerprint density at radius 1 is 0.920 bits per heavy atom. The molecule has 2 aliphatic carbocycles. The standard InChI is InChI=1S/C37H30BrCl3N2O7/c1-49-23-10-14-29(50-2)20(15-23)6-3-19-4-8-22(9-5-19)43-32(45)25-12-11-24-27(30(25)33(43)46)17-36(40)34(47)42(18-38)35(48)37(36,41)31(24)26-16-21(39)7-13-28(26)44/h3-11,13-16,25,27,30-31,44H,12,17-18H2,1-2H3/t25-,27+,30-,31+,36+,37-/m0/s1. The highest BCUT2D eigenvalue weighted by Gasteiger charge is 2.76. The van der Waals surface area contributed by atoms with Crippen LogP contribution in [0.25, 0.3) is 12.2 Å². The maximum absolute atomic E-state index is 14.4. The van der Waals surface area contributed by atoms with Gasteiger partial charge in [0.05, 0.1) is 37.2 Å². The van der Waals surface area contributed by atoms with E-state index in [1.54, 1.807) is 44.6 Å². The van der Waals surface area contributed by atoms with Crippen LogP contribution in [-0.2, 0) is 19.2 Å². The molecule has 7 rings (SSSR count). The van der Waals surface area contributed by atoms with Crippen molar-refractivity contribution in [3.05, 3.63) is 94.0 Å². The molecule has 4 aliphatic rings. The fraction of sp³-hybridized carbons (Fsp3) is 0.297. The van der Waals surface area contributed by atoms with Crippen LogP contribution < -0.4 is 14.4 Å². The lowest BCUT2D eigenvalue weighted by Gasteiger charge is -2.50. The van der Waals surface area contributed by atoms with Gasteiger partial charge in [0.25, 0.3) is 11.8 Å². The molecule has 0 aromatic heterocycles. The van der Waals surface area contributed by atoms with Crippen molar-refractivity contribution >= 4 is 92.2 Å². The number of fused-ring (bicyclic) bond motifs is 4. The third-order valence-electron chi connectivity index (χ3n) is 10.4. The van der Waals surface area contributed by atoms with E-state index in [1.807, 2.05) is 30.4 Å². The number of carbonyl (C=O) groups excluding carboxylic acids is 4. The van der Waals surface area contributed by atoms with Crippen LogP contribution in [0.4, 0.5) is 5.69 Å². The third-order valence-corrected chi connectivity index (χ3v) is 12.5. The Kier molecular flexibility index (Phi) is 8.82. The zero-order valence-corrected chi connectivity index (χ0v) is 30.6. The Labute approximate surface area is 311 Å². The Morgan fingerprint density at radius 2 is 1.66 bits per heavy atom. The summed E-state index contributed by atoms with van der Waals surface area (Å²) in [5.41, 5.74) is 2.64. The molecule has 9 nitrogen and oxygen atoms in total. The van der Waals surface area contributed by atoms with Crippen LogP contribution >= 0.6 is 50.7 Å². The molecule has 1 N–H and O–H groups in total. The van der Waals surface area contributed by atoms with Gasteiger partial charge in [0, 0.05) is 22.1 Å². The summed E-state index contributed by atoms with van der Waals surface area (Å²) in [6.45, 7) is 0. The minimum absolute atomic E-state index is 0.152. The van der Waals surface area contributed by atoms with E-state index in [2.05, 4.69) is 15.9 Å². The van der Waals surface area contributed by atoms with Gasteiger partial charge in [-0.25, -0.2) is 0 Å². The number of aromatic hydroxyl groups is 1. The number of alkyl halides is 3. The largest absolute Gasteiger partial charge is 0.508 e. The molecule has 0 unspecified atom stereocenters. The van der Waals surface area contributed by atoms with E-state index in [0.29, 0.717) is 22.8 Å². The molecule has 2 saturated heterocycles. The fourth-order valence-electron chi connectivity index (χ4n) is 8.00. The molecule has 3 aromatic rings. The first-order valence-electron chi connectivity index (χ1n) is 15.8. The average Bonchev–Trinajstić information content (AvgIpc) is 3.45. The fourth-order valence-corrected chi connectivity index (χ4v) is 9.60. The van der Waals surface area contributed by atoms with E-state index in [4.69, 9.17) is 44.3 Å². The molecule has 258 valence electrons. The summed E-state index contributed by atoms with van der Waals surface area (Å²) < 4.78 is 10.8. The number of likely N-dealkylation sites (tertiary alicyclic amines) is 1. The Hall–Kier alpha value is -3.83. The maximum Gasteiger partial charge on any atom is 0.254 e. The van der Waals surface area contributed by atoms with Crippen LogP contribution in [0.15, 0.2) is 72.3 Å². The van der Waals surface area contributed by atoms with Gasteiger partial charge in [0.15, 0.2) is 9.75 Å². The van der Waals surface area contributed by atoms with E-state index in [-0.39, 0.29) is 40.5 Å². The van der Waals surface area contributed by atoms with Crippen molar-refractivity contribution in [3.63, 3.8) is 0 Å². The molecule has 1 saturated carbocycles. The number of ether oxygens (including phenoxy) is 2. The lowest BCUT2D eigenvalue weighted by Crippen LogP contribution is -2.60. The molecule has 2 heterocycles. The summed E-state index contributed by atoms with van der Waals surface area (Å²) in [5, 5.41) is 11.3. The second kappa shape index (κ2) is 12.7. The minimum atomic E-state index is -2.04. The Morgan fingerprint density at radius 3 is 2.34 bits per heavy atom. The molecular formula is C37H30BrCl3N2O7. The van der Waals surface area contributed by atoms with Gasteiger partial charge in [-0.2, -0.15) is 0 Å². The van der Waals surface area contributed by atoms with E-state index >= 15 is 0 Å². The summed E-state index contributed by atoms with van der Waals surface area (Å²) in [7, 11) is 3.18. The Bertz CT molecular complexity index is 2020. The number of hydrogen-bond donors (Lipinski definition) is 1. The van der Waals surface area contributed by atoms with Crippen molar-refractivity contribution in [1.82, 2.24) is 4.90 Å². The van der Waals surface area contributed by atoms with Crippen LogP contribution in [0.3, 0.4) is 0 Å². The second-order valence-electron chi connectivity index (χ2n) is 12.7. The lowest BCUT2D eigenvalue weighted by molar-refractivity contribution is -0.138. The van der Waals surface area contributed by atoms with Gasteiger partial charge in [-0.05, 0) is 72.9 Å². The van der Waals surface area contributed by atoms with Gasteiger partial charge < -0.3 is 14.6 Å². The van der Waals surface area contributed by atoms with E-state index in [1.165, 1.54) is 23.1 Å². The highest BCUT2D eigenvalue weighted by molar-refractivity contribution is 9.09. The number of carbonyl (C=O) groups is 4. The van der Waals surface area contributed by atoms with Crippen molar-refractivity contribution < 1.29 is 33.8 Å². The first-order valence-corrected chi connectivity index (χ1v) is 18.0. The molecular weight excluding hydrogens is 771 g/mol. The minimum Gasteiger partial charge on any atom is -0.508 e. The first-order chi connectivity index (χ1) is 23.9. The summed E-state index contributed by atoms with van der Waals surface area (Å²) in [6.07, 6.45) is 5.59. The summed E-state index contributed by atoms with van der Waals surface area (Å²) in [6, 6.07) is 16.8. The number of methoxy groups -OCH3 is 2. The number of anilines is 1. The first kappa shape index (κ1) is 34.6. The van der Waals surface area contributed by atoms with Gasteiger partial charge in [0.1, 0.15) is 17.2 Å². The molecule has 3 fully saturated rings. The van der Waals surface area contributed by atoms with Crippen LogP contribution in [0.1, 0.15) is 35.4 Å². The number of halogens is 4. The molecule has 6 atom stereocenters. The van der Waals surface area contributed by atoms with Crippen molar-refractivity contribution in [3.8, 4) is 17.2 Å².